The number of halogens is 2. The second kappa shape index (κ2) is 20.3. The van der Waals surface area contributed by atoms with Gasteiger partial charge in [0, 0.05) is 41.0 Å². The van der Waals surface area contributed by atoms with Crippen molar-refractivity contribution in [1.82, 2.24) is 19.6 Å². The fourth-order valence-electron chi connectivity index (χ4n) is 5.75. The molecular formula is C40H36BrFN6O12S2. The van der Waals surface area contributed by atoms with Crippen molar-refractivity contribution in [2.24, 2.45) is 0 Å². The van der Waals surface area contributed by atoms with E-state index in [0.717, 1.165) is 17.0 Å². The zero-order valence-electron chi connectivity index (χ0n) is 32.8. The van der Waals surface area contributed by atoms with Crippen LogP contribution in [-0.4, -0.2) is 83.9 Å². The molecule has 0 N–H and O–H groups in total. The van der Waals surface area contributed by atoms with E-state index >= 15 is 0 Å². The number of sulfone groups is 2. The standard InChI is InChI=1S/C20H18BrN3O6S.C20H18FN3O6S/c2*1-31(28,29)17-10-4-14(5-11-17)19-13-18(20(25)3-2-12-30-24(26)27)22-23(19)16-8-6-15(21)7-9-16/h2*4-11,13H,2-3,12H2,1H3. The number of hydrogen-bond donors (Lipinski definition) is 0. The van der Waals surface area contributed by atoms with Gasteiger partial charge in [0.2, 0.25) is 0 Å². The number of nitrogens with zero attached hydrogens (tertiary/aromatic N) is 6. The molecule has 0 fully saturated rings. The van der Waals surface area contributed by atoms with Gasteiger partial charge in [-0.25, -0.2) is 30.6 Å². The van der Waals surface area contributed by atoms with Crippen LogP contribution in [0.3, 0.4) is 0 Å². The Morgan fingerprint density at radius 2 is 0.984 bits per heavy atom. The van der Waals surface area contributed by atoms with Crippen LogP contribution >= 0.6 is 15.9 Å². The lowest BCUT2D eigenvalue weighted by molar-refractivity contribution is -0.757. The summed E-state index contributed by atoms with van der Waals surface area (Å²) >= 11 is 3.38. The normalized spacial score (nSPS) is 11.3. The highest BCUT2D eigenvalue weighted by Gasteiger charge is 2.20. The summed E-state index contributed by atoms with van der Waals surface area (Å²) in [6, 6.07) is 28.4. The Kier molecular flexibility index (Phi) is 15.2. The summed E-state index contributed by atoms with van der Waals surface area (Å²) in [6.45, 7) is -0.386. The van der Waals surface area contributed by atoms with E-state index < -0.39 is 35.7 Å². The van der Waals surface area contributed by atoms with Crippen LogP contribution < -0.4 is 0 Å². The first kappa shape index (κ1) is 46.4. The van der Waals surface area contributed by atoms with Crippen molar-refractivity contribution >= 4 is 47.2 Å². The quantitative estimate of drug-likeness (QED) is 0.0360. The summed E-state index contributed by atoms with van der Waals surface area (Å²) in [5, 5.41) is 27.4. The van der Waals surface area contributed by atoms with Gasteiger partial charge in [0.05, 0.1) is 45.8 Å². The van der Waals surface area contributed by atoms with E-state index in [1.54, 1.807) is 35.0 Å². The lowest BCUT2D eigenvalue weighted by Gasteiger charge is -2.08. The highest BCUT2D eigenvalue weighted by Crippen LogP contribution is 2.28. The Hall–Kier alpha value is -6.65. The third-order valence-corrected chi connectivity index (χ3v) is 11.6. The zero-order valence-corrected chi connectivity index (χ0v) is 36.0. The molecule has 0 unspecified atom stereocenters. The van der Waals surface area contributed by atoms with Gasteiger partial charge in [0.1, 0.15) is 17.2 Å². The third kappa shape index (κ3) is 12.7. The van der Waals surface area contributed by atoms with Crippen LogP contribution in [0.15, 0.2) is 123 Å². The second-order valence-corrected chi connectivity index (χ2v) is 18.3. The Labute approximate surface area is 362 Å². The van der Waals surface area contributed by atoms with Gasteiger partial charge < -0.3 is 9.68 Å². The molecule has 4 aromatic carbocycles. The van der Waals surface area contributed by atoms with Crippen molar-refractivity contribution in [1.29, 1.82) is 0 Å². The lowest BCUT2D eigenvalue weighted by Crippen LogP contribution is -2.07. The fraction of sp³-hybridized carbons (Fsp3) is 0.200. The number of benzene rings is 4. The van der Waals surface area contributed by atoms with Crippen molar-refractivity contribution in [2.45, 2.75) is 35.5 Å². The molecule has 62 heavy (non-hydrogen) atoms. The number of carbonyl (C=O) groups excluding carboxylic acids is 2. The van der Waals surface area contributed by atoms with Crippen LogP contribution in [-0.2, 0) is 29.3 Å². The van der Waals surface area contributed by atoms with Crippen molar-refractivity contribution in [3.63, 3.8) is 0 Å². The molecule has 18 nitrogen and oxygen atoms in total. The van der Waals surface area contributed by atoms with Crippen LogP contribution in [0.4, 0.5) is 4.39 Å². The zero-order chi connectivity index (χ0) is 45.2. The number of ketones is 2. The van der Waals surface area contributed by atoms with E-state index in [0.29, 0.717) is 33.9 Å². The summed E-state index contributed by atoms with van der Waals surface area (Å²) in [7, 11) is -6.71. The van der Waals surface area contributed by atoms with E-state index in [9.17, 15) is 51.0 Å². The number of hydrogen-bond acceptors (Lipinski definition) is 14. The molecule has 2 heterocycles. The van der Waals surface area contributed by atoms with Crippen LogP contribution in [0.1, 0.15) is 46.7 Å². The maximum atomic E-state index is 13.3. The minimum atomic E-state index is -3.37. The molecular weight excluding hydrogens is 920 g/mol. The first-order valence-corrected chi connectivity index (χ1v) is 22.8. The summed E-state index contributed by atoms with van der Waals surface area (Å²) < 4.78 is 64.2. The Bertz CT molecular complexity index is 2600. The van der Waals surface area contributed by atoms with Crippen molar-refractivity contribution in [3.8, 4) is 33.9 Å². The molecule has 6 rings (SSSR count). The van der Waals surface area contributed by atoms with E-state index in [1.807, 2.05) is 24.3 Å². The number of rotatable bonds is 18. The average Bonchev–Trinajstić information content (AvgIpc) is 3.88. The Morgan fingerprint density at radius 1 is 0.629 bits per heavy atom. The van der Waals surface area contributed by atoms with E-state index in [4.69, 9.17) is 0 Å². The molecule has 0 aliphatic rings. The molecule has 0 radical (unpaired) electrons. The van der Waals surface area contributed by atoms with Gasteiger partial charge in [0.25, 0.3) is 10.2 Å². The summed E-state index contributed by atoms with van der Waals surface area (Å²) in [5.74, 6) is -1.06. The van der Waals surface area contributed by atoms with Crippen LogP contribution in [0.5, 0.6) is 0 Å². The van der Waals surface area contributed by atoms with E-state index in [-0.39, 0.29) is 71.6 Å². The summed E-state index contributed by atoms with van der Waals surface area (Å²) in [5.41, 5.74) is 3.90. The van der Waals surface area contributed by atoms with Crippen molar-refractivity contribution in [2.75, 3.05) is 25.7 Å². The van der Waals surface area contributed by atoms with Gasteiger partial charge in [-0.15, -0.1) is 20.2 Å². The van der Waals surface area contributed by atoms with E-state index in [1.165, 1.54) is 59.3 Å². The van der Waals surface area contributed by atoms with Crippen LogP contribution in [0.25, 0.3) is 33.9 Å². The maximum Gasteiger partial charge on any atom is 0.294 e. The highest BCUT2D eigenvalue weighted by atomic mass is 79.9. The number of Topliss-reactive ketones (excluding diaryl/α,β-unsaturated/α-hetero) is 2. The molecule has 0 amide bonds. The van der Waals surface area contributed by atoms with Crippen molar-refractivity contribution < 1.29 is 50.7 Å². The molecule has 0 aliphatic carbocycles. The molecule has 0 bridgehead atoms. The molecule has 6 aromatic rings. The molecule has 0 spiro atoms. The Morgan fingerprint density at radius 3 is 1.32 bits per heavy atom. The molecule has 0 aliphatic heterocycles. The third-order valence-electron chi connectivity index (χ3n) is 8.78. The molecule has 2 aromatic heterocycles. The van der Waals surface area contributed by atoms with Gasteiger partial charge >= 0.3 is 0 Å². The highest BCUT2D eigenvalue weighted by molar-refractivity contribution is 9.10. The average molecular weight is 956 g/mol. The van der Waals surface area contributed by atoms with Gasteiger partial charge in [-0.3, -0.25) is 9.59 Å². The summed E-state index contributed by atoms with van der Waals surface area (Å²) in [6.07, 6.45) is 2.58. The first-order valence-electron chi connectivity index (χ1n) is 18.2. The smallest absolute Gasteiger partial charge is 0.294 e. The van der Waals surface area contributed by atoms with E-state index in [2.05, 4.69) is 35.8 Å². The maximum absolute atomic E-state index is 13.3. The van der Waals surface area contributed by atoms with Gasteiger partial charge in [-0.05, 0) is 97.8 Å². The molecule has 22 heteroatoms. The largest absolute Gasteiger partial charge is 0.314 e. The number of aromatic nitrogens is 4. The SMILES string of the molecule is CS(=O)(=O)c1ccc(-c2cc(C(=O)CCCO[N+](=O)[O-])nn2-c2ccc(Br)cc2)cc1.CS(=O)(=O)c1ccc(-c2cc(C(=O)CCCO[N+](=O)[O-])nn2-c2ccc(F)cc2)cc1. The number of carbonyl (C=O) groups is 2. The minimum Gasteiger partial charge on any atom is -0.314 e. The minimum absolute atomic E-state index is 0.0132. The van der Waals surface area contributed by atoms with Gasteiger partial charge in [-0.2, -0.15) is 10.2 Å². The topological polar surface area (TPSA) is 243 Å². The van der Waals surface area contributed by atoms with Crippen LogP contribution in [0.2, 0.25) is 0 Å². The summed E-state index contributed by atoms with van der Waals surface area (Å²) in [4.78, 5) is 54.3. The Balaban J connectivity index is 0.000000234. The van der Waals surface area contributed by atoms with Crippen molar-refractivity contribution in [3.05, 3.63) is 151 Å². The fourth-order valence-corrected chi connectivity index (χ4v) is 7.28. The molecule has 0 saturated carbocycles. The predicted octanol–water partition coefficient (Wildman–Crippen LogP) is 7.13. The predicted molar refractivity (Wildman–Crippen MR) is 225 cm³/mol. The van der Waals surface area contributed by atoms with Gasteiger partial charge in [-0.1, -0.05) is 40.2 Å². The second-order valence-electron chi connectivity index (χ2n) is 13.4. The molecule has 0 atom stereocenters. The first-order chi connectivity index (χ1) is 29.3. The molecule has 324 valence electrons. The van der Waals surface area contributed by atoms with Crippen LogP contribution in [0, 0.1) is 26.0 Å². The lowest BCUT2D eigenvalue weighted by atomic mass is 10.1. The monoisotopic (exact) mass is 954 g/mol. The van der Waals surface area contributed by atoms with Gasteiger partial charge in [0.15, 0.2) is 31.2 Å². The molecule has 0 saturated heterocycles.